The van der Waals surface area contributed by atoms with E-state index in [1.54, 1.807) is 0 Å². The molecule has 1 aliphatic rings. The van der Waals surface area contributed by atoms with Gasteiger partial charge in [0.1, 0.15) is 5.60 Å². The first-order chi connectivity index (χ1) is 11.8. The Balaban J connectivity index is 1.65. The minimum absolute atomic E-state index is 0.413. The van der Waals surface area contributed by atoms with Gasteiger partial charge in [-0.2, -0.15) is 0 Å². The number of anilines is 1. The summed E-state index contributed by atoms with van der Waals surface area (Å²) >= 11 is 0. The maximum atomic E-state index is 11.8. The molecule has 0 bridgehead atoms. The zero-order chi connectivity index (χ0) is 18.3. The van der Waals surface area contributed by atoms with Gasteiger partial charge in [-0.1, -0.05) is 31.9 Å². The van der Waals surface area contributed by atoms with Crippen molar-refractivity contribution >= 4 is 11.8 Å². The van der Waals surface area contributed by atoms with E-state index in [9.17, 15) is 4.79 Å². The Morgan fingerprint density at radius 3 is 2.36 bits per heavy atom. The SMILES string of the molecule is CC1CCC(CNCCc2ccc(NC(=O)OC(C)(C)C)cc2)CC1. The highest BCUT2D eigenvalue weighted by Crippen LogP contribution is 2.27. The molecule has 1 aromatic carbocycles. The fourth-order valence-electron chi connectivity index (χ4n) is 3.25. The molecule has 1 aliphatic carbocycles. The lowest BCUT2D eigenvalue weighted by Crippen LogP contribution is -2.27. The maximum absolute atomic E-state index is 11.8. The second-order valence-electron chi connectivity index (χ2n) is 8.40. The van der Waals surface area contributed by atoms with E-state index < -0.39 is 11.7 Å². The molecule has 2 rings (SSSR count). The summed E-state index contributed by atoms with van der Waals surface area (Å²) in [5.41, 5.74) is 1.56. The summed E-state index contributed by atoms with van der Waals surface area (Å²) in [4.78, 5) is 11.8. The number of benzene rings is 1. The van der Waals surface area contributed by atoms with Gasteiger partial charge in [-0.05, 0) is 82.7 Å². The van der Waals surface area contributed by atoms with Crippen LogP contribution in [0, 0.1) is 11.8 Å². The topological polar surface area (TPSA) is 50.4 Å². The van der Waals surface area contributed by atoms with Crippen molar-refractivity contribution in [3.63, 3.8) is 0 Å². The molecule has 1 aromatic rings. The van der Waals surface area contributed by atoms with Crippen molar-refractivity contribution in [2.45, 2.75) is 65.4 Å². The third-order valence-corrected chi connectivity index (χ3v) is 4.76. The van der Waals surface area contributed by atoms with Crippen LogP contribution >= 0.6 is 0 Å². The largest absolute Gasteiger partial charge is 0.444 e. The Kier molecular flexibility index (Phi) is 7.30. The molecule has 0 atom stereocenters. The monoisotopic (exact) mass is 346 g/mol. The van der Waals surface area contributed by atoms with Crippen molar-refractivity contribution in [2.24, 2.45) is 11.8 Å². The van der Waals surface area contributed by atoms with Gasteiger partial charge in [-0.25, -0.2) is 4.79 Å². The molecule has 0 unspecified atom stereocenters. The van der Waals surface area contributed by atoms with Crippen LogP contribution in [0.1, 0.15) is 58.9 Å². The molecular weight excluding hydrogens is 312 g/mol. The van der Waals surface area contributed by atoms with Crippen LogP contribution in [0.25, 0.3) is 0 Å². The summed E-state index contributed by atoms with van der Waals surface area (Å²) in [6, 6.07) is 8.00. The third-order valence-electron chi connectivity index (χ3n) is 4.76. The molecule has 2 N–H and O–H groups in total. The lowest BCUT2D eigenvalue weighted by molar-refractivity contribution is 0.0636. The van der Waals surface area contributed by atoms with Crippen molar-refractivity contribution < 1.29 is 9.53 Å². The van der Waals surface area contributed by atoms with E-state index in [-0.39, 0.29) is 0 Å². The highest BCUT2D eigenvalue weighted by atomic mass is 16.6. The van der Waals surface area contributed by atoms with E-state index in [2.05, 4.69) is 29.7 Å². The highest BCUT2D eigenvalue weighted by molar-refractivity contribution is 5.84. The molecule has 1 saturated carbocycles. The fraction of sp³-hybridized carbons (Fsp3) is 0.667. The summed E-state index contributed by atoms with van der Waals surface area (Å²) in [7, 11) is 0. The number of amides is 1. The van der Waals surface area contributed by atoms with Crippen LogP contribution in [0.2, 0.25) is 0 Å². The van der Waals surface area contributed by atoms with Gasteiger partial charge in [-0.3, -0.25) is 5.32 Å². The zero-order valence-corrected chi connectivity index (χ0v) is 16.2. The van der Waals surface area contributed by atoms with Gasteiger partial charge in [0.2, 0.25) is 0 Å². The summed E-state index contributed by atoms with van der Waals surface area (Å²) < 4.78 is 5.26. The standard InChI is InChI=1S/C21H34N2O2/c1-16-5-7-18(8-6-16)15-22-14-13-17-9-11-19(12-10-17)23-20(24)25-21(2,3)4/h9-12,16,18,22H,5-8,13-15H2,1-4H3,(H,23,24). The van der Waals surface area contributed by atoms with Gasteiger partial charge >= 0.3 is 6.09 Å². The number of hydrogen-bond donors (Lipinski definition) is 2. The second kappa shape index (κ2) is 9.23. The molecule has 0 aliphatic heterocycles. The van der Waals surface area contributed by atoms with Gasteiger partial charge in [0.15, 0.2) is 0 Å². The van der Waals surface area contributed by atoms with Gasteiger partial charge in [-0.15, -0.1) is 0 Å². The number of carbonyl (C=O) groups excluding carboxylic acids is 1. The molecule has 140 valence electrons. The lowest BCUT2D eigenvalue weighted by atomic mass is 9.83. The molecule has 1 amide bonds. The smallest absolute Gasteiger partial charge is 0.412 e. The van der Waals surface area contributed by atoms with Crippen LogP contribution in [0.3, 0.4) is 0 Å². The number of carbonyl (C=O) groups is 1. The molecule has 0 heterocycles. The van der Waals surface area contributed by atoms with Crippen molar-refractivity contribution in [2.75, 3.05) is 18.4 Å². The Hall–Kier alpha value is -1.55. The van der Waals surface area contributed by atoms with E-state index in [1.165, 1.54) is 31.2 Å². The predicted octanol–water partition coefficient (Wildman–Crippen LogP) is 4.99. The number of rotatable bonds is 6. The van der Waals surface area contributed by atoms with Crippen molar-refractivity contribution in [1.29, 1.82) is 0 Å². The second-order valence-corrected chi connectivity index (χ2v) is 8.40. The summed E-state index contributed by atoms with van der Waals surface area (Å²) in [6.45, 7) is 10.1. The van der Waals surface area contributed by atoms with Crippen LogP contribution in [-0.2, 0) is 11.2 Å². The van der Waals surface area contributed by atoms with Gasteiger partial charge in [0.05, 0.1) is 0 Å². The Bertz CT molecular complexity index is 526. The number of hydrogen-bond acceptors (Lipinski definition) is 3. The Morgan fingerprint density at radius 2 is 1.76 bits per heavy atom. The van der Waals surface area contributed by atoms with Gasteiger partial charge in [0, 0.05) is 5.69 Å². The zero-order valence-electron chi connectivity index (χ0n) is 16.2. The van der Waals surface area contributed by atoms with Crippen LogP contribution in [-0.4, -0.2) is 24.8 Å². The average Bonchev–Trinajstić information content (AvgIpc) is 2.53. The predicted molar refractivity (Wildman–Crippen MR) is 104 cm³/mol. The van der Waals surface area contributed by atoms with Gasteiger partial charge < -0.3 is 10.1 Å². The van der Waals surface area contributed by atoms with Crippen LogP contribution < -0.4 is 10.6 Å². The first-order valence-electron chi connectivity index (χ1n) is 9.61. The van der Waals surface area contributed by atoms with E-state index >= 15 is 0 Å². The summed E-state index contributed by atoms with van der Waals surface area (Å²) in [5, 5.41) is 6.36. The minimum atomic E-state index is -0.480. The van der Waals surface area contributed by atoms with Crippen LogP contribution in [0.15, 0.2) is 24.3 Å². The average molecular weight is 347 g/mol. The maximum Gasteiger partial charge on any atom is 0.412 e. The molecule has 0 spiro atoms. The first-order valence-corrected chi connectivity index (χ1v) is 9.61. The summed E-state index contributed by atoms with van der Waals surface area (Å²) in [6.07, 6.45) is 6.12. The van der Waals surface area contributed by atoms with Crippen molar-refractivity contribution in [3.8, 4) is 0 Å². The number of ether oxygens (including phenoxy) is 1. The fourth-order valence-corrected chi connectivity index (χ4v) is 3.25. The Morgan fingerprint density at radius 1 is 1.12 bits per heavy atom. The van der Waals surface area contributed by atoms with Crippen molar-refractivity contribution in [3.05, 3.63) is 29.8 Å². The molecular formula is C21H34N2O2. The van der Waals surface area contributed by atoms with Crippen LogP contribution in [0.5, 0.6) is 0 Å². The van der Waals surface area contributed by atoms with Crippen LogP contribution in [0.4, 0.5) is 10.5 Å². The summed E-state index contributed by atoms with van der Waals surface area (Å²) in [5.74, 6) is 1.78. The van der Waals surface area contributed by atoms with E-state index in [4.69, 9.17) is 4.74 Å². The lowest BCUT2D eigenvalue weighted by Gasteiger charge is -2.26. The third kappa shape index (κ3) is 7.91. The molecule has 25 heavy (non-hydrogen) atoms. The molecule has 1 fully saturated rings. The molecule has 4 nitrogen and oxygen atoms in total. The molecule has 0 radical (unpaired) electrons. The molecule has 4 heteroatoms. The number of nitrogens with one attached hydrogen (secondary N) is 2. The molecule has 0 saturated heterocycles. The first kappa shape index (κ1) is 19.8. The van der Waals surface area contributed by atoms with E-state index in [1.807, 2.05) is 32.9 Å². The molecule has 0 aromatic heterocycles. The van der Waals surface area contributed by atoms with E-state index in [0.29, 0.717) is 0 Å². The van der Waals surface area contributed by atoms with Gasteiger partial charge in [0.25, 0.3) is 0 Å². The Labute approximate surface area is 152 Å². The normalized spacial score (nSPS) is 21.0. The van der Waals surface area contributed by atoms with E-state index in [0.717, 1.165) is 37.0 Å². The highest BCUT2D eigenvalue weighted by Gasteiger charge is 2.17. The van der Waals surface area contributed by atoms with Crippen molar-refractivity contribution in [1.82, 2.24) is 5.32 Å². The minimum Gasteiger partial charge on any atom is -0.444 e. The quantitative estimate of drug-likeness (QED) is 0.713.